The number of hydrogen-bond donors (Lipinski definition) is 0. The number of imidazole rings is 1. The molecule has 1 aliphatic rings. The van der Waals surface area contributed by atoms with E-state index in [1.54, 1.807) is 6.08 Å². The van der Waals surface area contributed by atoms with Crippen molar-refractivity contribution < 1.29 is 18.8 Å². The summed E-state index contributed by atoms with van der Waals surface area (Å²) in [6.45, 7) is 21.2. The van der Waals surface area contributed by atoms with Gasteiger partial charge in [0.05, 0.1) is 17.1 Å². The van der Waals surface area contributed by atoms with E-state index >= 15 is 0 Å². The third-order valence-corrected chi connectivity index (χ3v) is 13.8. The average Bonchev–Trinajstić information content (AvgIpc) is 3.17. The van der Waals surface area contributed by atoms with Gasteiger partial charge in [-0.1, -0.05) is 58.9 Å². The average molecular weight is 581 g/mol. The van der Waals surface area contributed by atoms with Gasteiger partial charge in [-0.05, 0) is 81.8 Å². The smallest absolute Gasteiger partial charge is 0.331 e. The van der Waals surface area contributed by atoms with Crippen molar-refractivity contribution in [2.24, 2.45) is 24.3 Å². The SMILES string of the molecule is Cc1nc2cc([C@@H]3C/C=C\CCC[C@H](C)[C@H](O[Si](C)(C)C(C)(C)C)[C@@H](C)C(=O)C(C)(C)/C=C\C(=O)O3)ccc2n1C. The van der Waals surface area contributed by atoms with Crippen LogP contribution in [0.2, 0.25) is 18.1 Å². The zero-order valence-corrected chi connectivity index (χ0v) is 28.2. The van der Waals surface area contributed by atoms with Crippen LogP contribution in [-0.4, -0.2) is 35.7 Å². The van der Waals surface area contributed by atoms with Gasteiger partial charge in [0.1, 0.15) is 17.7 Å². The maximum Gasteiger partial charge on any atom is 0.331 e. The van der Waals surface area contributed by atoms with Gasteiger partial charge in [0, 0.05) is 30.9 Å². The van der Waals surface area contributed by atoms with Gasteiger partial charge in [0.25, 0.3) is 0 Å². The summed E-state index contributed by atoms with van der Waals surface area (Å²) in [4.78, 5) is 31.7. The molecule has 1 aromatic carbocycles. The monoisotopic (exact) mass is 580 g/mol. The zero-order valence-electron chi connectivity index (χ0n) is 27.2. The number of ketones is 1. The van der Waals surface area contributed by atoms with Crippen molar-refractivity contribution in [1.82, 2.24) is 9.55 Å². The number of carbonyl (C=O) groups is 2. The van der Waals surface area contributed by atoms with Crippen LogP contribution in [-0.2, 0) is 25.8 Å². The number of Topliss-reactive ketones (excluding diaryl/α,β-unsaturated/α-hetero) is 1. The number of fused-ring (bicyclic) bond motifs is 1. The molecule has 0 aliphatic carbocycles. The Morgan fingerprint density at radius 2 is 1.80 bits per heavy atom. The highest BCUT2D eigenvalue weighted by Crippen LogP contribution is 2.41. The number of aryl methyl sites for hydroxylation is 2. The van der Waals surface area contributed by atoms with E-state index in [2.05, 4.69) is 62.5 Å². The summed E-state index contributed by atoms with van der Waals surface area (Å²) in [7, 11) is -0.112. The molecule has 0 N–H and O–H groups in total. The molecule has 1 aliphatic heterocycles. The van der Waals surface area contributed by atoms with E-state index in [0.717, 1.165) is 41.7 Å². The summed E-state index contributed by atoms with van der Waals surface area (Å²) >= 11 is 0. The maximum absolute atomic E-state index is 13.9. The molecule has 0 bridgehead atoms. The van der Waals surface area contributed by atoms with Gasteiger partial charge in [-0.15, -0.1) is 0 Å². The normalized spacial score (nSPS) is 27.0. The van der Waals surface area contributed by atoms with Crippen LogP contribution < -0.4 is 0 Å². The molecule has 7 heteroatoms. The first-order chi connectivity index (χ1) is 18.9. The molecule has 41 heavy (non-hydrogen) atoms. The van der Waals surface area contributed by atoms with Crippen molar-refractivity contribution >= 4 is 31.1 Å². The highest BCUT2D eigenvalue weighted by Gasteiger charge is 2.44. The lowest BCUT2D eigenvalue weighted by Crippen LogP contribution is -2.49. The largest absolute Gasteiger partial charge is 0.454 e. The first-order valence-electron chi connectivity index (χ1n) is 15.1. The third-order valence-electron chi connectivity index (χ3n) is 9.28. The molecule has 0 fully saturated rings. The molecule has 4 atom stereocenters. The molecule has 6 nitrogen and oxygen atoms in total. The second kappa shape index (κ2) is 12.8. The Labute approximate surface area is 248 Å². The Hall–Kier alpha value is -2.51. The molecule has 0 spiro atoms. The molecule has 3 rings (SSSR count). The molecule has 0 saturated heterocycles. The molecular formula is C34H52N2O4Si. The number of rotatable bonds is 3. The highest BCUT2D eigenvalue weighted by molar-refractivity contribution is 6.74. The quantitative estimate of drug-likeness (QED) is 0.207. The van der Waals surface area contributed by atoms with Crippen molar-refractivity contribution in [3.05, 3.63) is 53.9 Å². The van der Waals surface area contributed by atoms with E-state index in [4.69, 9.17) is 9.16 Å². The zero-order chi connectivity index (χ0) is 30.8. The Balaban J connectivity index is 1.91. The van der Waals surface area contributed by atoms with Crippen LogP contribution in [0.15, 0.2) is 42.5 Å². The molecule has 2 aromatic rings. The number of aromatic nitrogens is 2. The van der Waals surface area contributed by atoms with E-state index in [1.807, 2.05) is 52.9 Å². The number of benzene rings is 1. The van der Waals surface area contributed by atoms with E-state index < -0.39 is 25.8 Å². The number of ether oxygens (including phenoxy) is 1. The molecule has 0 radical (unpaired) electrons. The first-order valence-corrected chi connectivity index (χ1v) is 18.1. The summed E-state index contributed by atoms with van der Waals surface area (Å²) in [6, 6.07) is 6.05. The number of carbonyl (C=O) groups excluding carboxylic acids is 2. The van der Waals surface area contributed by atoms with Gasteiger partial charge >= 0.3 is 5.97 Å². The molecular weight excluding hydrogens is 528 g/mol. The Morgan fingerprint density at radius 3 is 2.46 bits per heavy atom. The first kappa shape index (κ1) is 33.0. The number of nitrogens with zero attached hydrogens (tertiary/aromatic N) is 2. The second-order valence-electron chi connectivity index (χ2n) is 14.1. The van der Waals surface area contributed by atoms with Crippen LogP contribution in [0.3, 0.4) is 0 Å². The van der Waals surface area contributed by atoms with Gasteiger partial charge in [0.2, 0.25) is 0 Å². The summed E-state index contributed by atoms with van der Waals surface area (Å²) in [5.74, 6) is 0.484. The van der Waals surface area contributed by atoms with Crippen molar-refractivity contribution in [2.45, 2.75) is 111 Å². The van der Waals surface area contributed by atoms with Crippen molar-refractivity contribution in [1.29, 1.82) is 0 Å². The van der Waals surface area contributed by atoms with Gasteiger partial charge in [-0.25, -0.2) is 9.78 Å². The van der Waals surface area contributed by atoms with Crippen LogP contribution >= 0.6 is 0 Å². The Kier molecular flexibility index (Phi) is 10.3. The summed E-state index contributed by atoms with van der Waals surface area (Å²) in [6.07, 6.45) is 10.3. The van der Waals surface area contributed by atoms with Gasteiger partial charge in [-0.3, -0.25) is 4.79 Å². The van der Waals surface area contributed by atoms with Gasteiger partial charge in [0.15, 0.2) is 8.32 Å². The molecule has 0 saturated carbocycles. The summed E-state index contributed by atoms with van der Waals surface area (Å²) in [5, 5.41) is 0.0448. The van der Waals surface area contributed by atoms with E-state index in [0.29, 0.717) is 6.42 Å². The van der Waals surface area contributed by atoms with Crippen LogP contribution in [0.5, 0.6) is 0 Å². The number of allylic oxidation sites excluding steroid dienone is 2. The second-order valence-corrected chi connectivity index (χ2v) is 18.8. The predicted molar refractivity (Wildman–Crippen MR) is 170 cm³/mol. The lowest BCUT2D eigenvalue weighted by Gasteiger charge is -2.43. The third kappa shape index (κ3) is 7.86. The fourth-order valence-corrected chi connectivity index (χ4v) is 6.82. The van der Waals surface area contributed by atoms with Crippen molar-refractivity contribution in [2.75, 3.05) is 0 Å². The molecule has 0 amide bonds. The molecule has 2 heterocycles. The number of esters is 1. The topological polar surface area (TPSA) is 70.4 Å². The molecule has 226 valence electrons. The van der Waals surface area contributed by atoms with Crippen molar-refractivity contribution in [3.8, 4) is 0 Å². The van der Waals surface area contributed by atoms with Gasteiger partial charge in [-0.2, -0.15) is 0 Å². The van der Waals surface area contributed by atoms with Crippen molar-refractivity contribution in [3.63, 3.8) is 0 Å². The van der Waals surface area contributed by atoms with E-state index in [9.17, 15) is 9.59 Å². The number of cyclic esters (lactones) is 1. The predicted octanol–water partition coefficient (Wildman–Crippen LogP) is 8.41. The summed E-state index contributed by atoms with van der Waals surface area (Å²) < 4.78 is 15.0. The number of hydrogen-bond acceptors (Lipinski definition) is 5. The fourth-order valence-electron chi connectivity index (χ4n) is 5.35. The van der Waals surface area contributed by atoms with Gasteiger partial charge < -0.3 is 13.7 Å². The van der Waals surface area contributed by atoms with Crippen LogP contribution in [0.25, 0.3) is 11.0 Å². The van der Waals surface area contributed by atoms with Crippen LogP contribution in [0, 0.1) is 24.2 Å². The lowest BCUT2D eigenvalue weighted by atomic mass is 9.76. The highest BCUT2D eigenvalue weighted by atomic mass is 28.4. The van der Waals surface area contributed by atoms with Crippen LogP contribution in [0.1, 0.15) is 91.6 Å². The van der Waals surface area contributed by atoms with E-state index in [1.165, 1.54) is 6.08 Å². The maximum atomic E-state index is 13.9. The van der Waals surface area contributed by atoms with E-state index in [-0.39, 0.29) is 28.8 Å². The summed E-state index contributed by atoms with van der Waals surface area (Å²) in [5.41, 5.74) is 1.99. The lowest BCUT2D eigenvalue weighted by molar-refractivity contribution is -0.143. The van der Waals surface area contributed by atoms with Crippen LogP contribution in [0.4, 0.5) is 0 Å². The molecule has 0 unspecified atom stereocenters. The minimum atomic E-state index is -2.11. The Bertz CT molecular complexity index is 1300. The molecule has 1 aromatic heterocycles. The standard InChI is InChI=1S/C34H52N2O4Si/c1-23-16-14-12-13-15-17-29(26-18-19-28-27(22-26)35-25(3)36(28)9)39-30(37)20-21-34(7,8)32(38)24(2)31(23)40-41(10,11)33(4,5)6/h13,15,18-24,29,31H,12,14,16-17H2,1-11H3/b15-13-,21-20-/t23-,24+,29-,31-/m0/s1. The Morgan fingerprint density at radius 1 is 1.12 bits per heavy atom. The fraction of sp³-hybridized carbons (Fsp3) is 0.618. The minimum absolute atomic E-state index is 0.0448. The minimum Gasteiger partial charge on any atom is -0.454 e.